The molecule has 6 heteroatoms. The molecule has 5 nitrogen and oxygen atoms in total. The lowest BCUT2D eigenvalue weighted by atomic mass is 9.90. The third kappa shape index (κ3) is 12.7. The van der Waals surface area contributed by atoms with Gasteiger partial charge < -0.3 is 20.7 Å². The fourth-order valence-electron chi connectivity index (χ4n) is 2.40. The van der Waals surface area contributed by atoms with Gasteiger partial charge in [0.1, 0.15) is 0 Å². The van der Waals surface area contributed by atoms with Crippen LogP contribution < -0.4 is 11.1 Å². The van der Waals surface area contributed by atoms with Crippen molar-refractivity contribution in [3.8, 4) is 0 Å². The number of benzene rings is 1. The second-order valence-corrected chi connectivity index (χ2v) is 7.58. The SMILES string of the molecule is CC(C)(C)CCCC(=O)O.CSO.NCc1ccc2c(c1)NCCC2. The molecule has 1 aliphatic heterocycles. The number of aliphatic carboxylic acids is 1. The van der Waals surface area contributed by atoms with Crippen LogP contribution in [0.2, 0.25) is 0 Å². The number of nitrogens with two attached hydrogens (primary N) is 1. The fraction of sp³-hybridized carbons (Fsp3) is 0.632. The van der Waals surface area contributed by atoms with Gasteiger partial charge in [0, 0.05) is 31.5 Å². The van der Waals surface area contributed by atoms with E-state index in [2.05, 4.69) is 44.3 Å². The van der Waals surface area contributed by atoms with Gasteiger partial charge in [0.2, 0.25) is 0 Å². The molecule has 0 unspecified atom stereocenters. The summed E-state index contributed by atoms with van der Waals surface area (Å²) in [5.74, 6) is -0.691. The molecule has 0 bridgehead atoms. The molecule has 0 amide bonds. The van der Waals surface area contributed by atoms with E-state index in [1.54, 1.807) is 6.26 Å². The van der Waals surface area contributed by atoms with Crippen LogP contribution in [0.25, 0.3) is 0 Å². The van der Waals surface area contributed by atoms with Gasteiger partial charge in [-0.05, 0) is 60.3 Å². The Labute approximate surface area is 156 Å². The lowest BCUT2D eigenvalue weighted by Gasteiger charge is -2.18. The Morgan fingerprint density at radius 2 is 2.00 bits per heavy atom. The lowest BCUT2D eigenvalue weighted by Crippen LogP contribution is -2.12. The molecule has 0 fully saturated rings. The van der Waals surface area contributed by atoms with E-state index in [-0.39, 0.29) is 5.41 Å². The van der Waals surface area contributed by atoms with Crippen LogP contribution in [0.1, 0.15) is 57.6 Å². The smallest absolute Gasteiger partial charge is 0.303 e. The van der Waals surface area contributed by atoms with Crippen molar-refractivity contribution in [3.63, 3.8) is 0 Å². The van der Waals surface area contributed by atoms with Gasteiger partial charge in [-0.3, -0.25) is 4.79 Å². The average Bonchev–Trinajstić information content (AvgIpc) is 2.54. The van der Waals surface area contributed by atoms with Gasteiger partial charge in [0.15, 0.2) is 0 Å². The van der Waals surface area contributed by atoms with Crippen molar-refractivity contribution in [2.75, 3.05) is 18.1 Å². The van der Waals surface area contributed by atoms with Gasteiger partial charge in [-0.25, -0.2) is 0 Å². The minimum atomic E-state index is -0.691. The number of carbonyl (C=O) groups is 1. The average molecular weight is 371 g/mol. The number of carboxylic acids is 1. The number of hydrogen-bond acceptors (Lipinski definition) is 5. The molecule has 0 saturated heterocycles. The Morgan fingerprint density at radius 3 is 2.52 bits per heavy atom. The number of carboxylic acid groups (broad SMARTS) is 1. The first kappa shape index (κ1) is 23.8. The Hall–Kier alpha value is -1.24. The maximum Gasteiger partial charge on any atom is 0.303 e. The molecule has 0 spiro atoms. The molecule has 0 aliphatic carbocycles. The van der Waals surface area contributed by atoms with Crippen molar-refractivity contribution in [3.05, 3.63) is 29.3 Å². The first-order valence-electron chi connectivity index (χ1n) is 8.68. The lowest BCUT2D eigenvalue weighted by molar-refractivity contribution is -0.137. The zero-order valence-corrected chi connectivity index (χ0v) is 16.8. The Bertz CT molecular complexity index is 502. The number of rotatable bonds is 4. The van der Waals surface area contributed by atoms with Crippen molar-refractivity contribution in [2.45, 2.75) is 59.4 Å². The van der Waals surface area contributed by atoms with Crippen molar-refractivity contribution in [2.24, 2.45) is 11.1 Å². The van der Waals surface area contributed by atoms with Gasteiger partial charge in [-0.1, -0.05) is 32.9 Å². The van der Waals surface area contributed by atoms with Gasteiger partial charge in [0.25, 0.3) is 0 Å². The molecular weight excluding hydrogens is 336 g/mol. The summed E-state index contributed by atoms with van der Waals surface area (Å²) in [7, 11) is 0. The highest BCUT2D eigenvalue weighted by molar-refractivity contribution is 7.93. The number of fused-ring (bicyclic) bond motifs is 1. The molecule has 1 aromatic rings. The van der Waals surface area contributed by atoms with Crippen LogP contribution >= 0.6 is 12.0 Å². The zero-order valence-electron chi connectivity index (χ0n) is 16.0. The molecule has 0 saturated carbocycles. The molecule has 144 valence electrons. The van der Waals surface area contributed by atoms with E-state index in [1.165, 1.54) is 29.7 Å². The van der Waals surface area contributed by atoms with E-state index in [4.69, 9.17) is 15.4 Å². The Morgan fingerprint density at radius 1 is 1.36 bits per heavy atom. The molecule has 1 aliphatic rings. The van der Waals surface area contributed by atoms with Gasteiger partial charge >= 0.3 is 5.97 Å². The van der Waals surface area contributed by atoms with Gasteiger partial charge in [-0.15, -0.1) is 0 Å². The summed E-state index contributed by atoms with van der Waals surface area (Å²) in [4.78, 5) is 10.1. The summed E-state index contributed by atoms with van der Waals surface area (Å²) >= 11 is 0.750. The summed E-state index contributed by atoms with van der Waals surface area (Å²) < 4.78 is 7.49. The maximum atomic E-state index is 10.1. The van der Waals surface area contributed by atoms with Crippen LogP contribution in [0.4, 0.5) is 5.69 Å². The van der Waals surface area contributed by atoms with Crippen molar-refractivity contribution < 1.29 is 14.5 Å². The second-order valence-electron chi connectivity index (χ2n) is 7.22. The Kier molecular flexibility index (Phi) is 12.4. The Balaban J connectivity index is 0.000000406. The first-order valence-corrected chi connectivity index (χ1v) is 9.86. The number of anilines is 1. The summed E-state index contributed by atoms with van der Waals surface area (Å²) in [6, 6.07) is 6.46. The minimum Gasteiger partial charge on any atom is -0.481 e. The van der Waals surface area contributed by atoms with Crippen LogP contribution in [0.5, 0.6) is 0 Å². The highest BCUT2D eigenvalue weighted by Gasteiger charge is 2.10. The second kappa shape index (κ2) is 13.0. The van der Waals surface area contributed by atoms with Crippen LogP contribution in [0, 0.1) is 5.41 Å². The van der Waals surface area contributed by atoms with E-state index < -0.39 is 5.97 Å². The van der Waals surface area contributed by atoms with Crippen molar-refractivity contribution in [1.82, 2.24) is 0 Å². The summed E-state index contributed by atoms with van der Waals surface area (Å²) in [5, 5.41) is 11.7. The van der Waals surface area contributed by atoms with Gasteiger partial charge in [-0.2, -0.15) is 0 Å². The fourth-order valence-corrected chi connectivity index (χ4v) is 2.40. The molecule has 1 aromatic carbocycles. The quantitative estimate of drug-likeness (QED) is 0.578. The van der Waals surface area contributed by atoms with E-state index in [9.17, 15) is 4.79 Å². The molecule has 0 atom stereocenters. The molecular formula is C19H34N2O3S. The molecule has 2 rings (SSSR count). The van der Waals surface area contributed by atoms with Gasteiger partial charge in [0.05, 0.1) is 0 Å². The number of aryl methyl sites for hydroxylation is 1. The van der Waals surface area contributed by atoms with E-state index in [0.717, 1.165) is 31.4 Å². The standard InChI is InChI=1S/C10H14N2.C8H16O2.CH4OS/c11-7-8-3-4-9-2-1-5-12-10(9)6-8;1-8(2,3)6-4-5-7(9)10;1-3-2/h3-4,6,12H,1-2,5,7,11H2;4-6H2,1-3H3,(H,9,10);2H,1H3. The highest BCUT2D eigenvalue weighted by atomic mass is 32.2. The third-order valence-corrected chi connectivity index (χ3v) is 3.67. The number of nitrogens with one attached hydrogen (secondary N) is 1. The van der Waals surface area contributed by atoms with Crippen LogP contribution in [0.3, 0.4) is 0 Å². The topological polar surface area (TPSA) is 95.6 Å². The van der Waals surface area contributed by atoms with Crippen molar-refractivity contribution >= 4 is 23.7 Å². The third-order valence-electron chi connectivity index (χ3n) is 3.67. The van der Waals surface area contributed by atoms with E-state index in [1.807, 2.05) is 0 Å². The zero-order chi connectivity index (χ0) is 19.3. The predicted molar refractivity (Wildman–Crippen MR) is 108 cm³/mol. The van der Waals surface area contributed by atoms with Crippen LogP contribution in [-0.4, -0.2) is 28.4 Å². The summed E-state index contributed by atoms with van der Waals surface area (Å²) in [5.41, 5.74) is 9.75. The van der Waals surface area contributed by atoms with Crippen LogP contribution in [-0.2, 0) is 17.8 Å². The van der Waals surface area contributed by atoms with Crippen molar-refractivity contribution in [1.29, 1.82) is 0 Å². The summed E-state index contributed by atoms with van der Waals surface area (Å²) in [6.45, 7) is 8.09. The number of hydrogen-bond donors (Lipinski definition) is 4. The van der Waals surface area contributed by atoms with E-state index in [0.29, 0.717) is 13.0 Å². The maximum absolute atomic E-state index is 10.1. The van der Waals surface area contributed by atoms with E-state index >= 15 is 0 Å². The highest BCUT2D eigenvalue weighted by Crippen LogP contribution is 2.22. The molecule has 0 aromatic heterocycles. The normalized spacial score (nSPS) is 12.6. The molecule has 25 heavy (non-hydrogen) atoms. The molecule has 1 heterocycles. The van der Waals surface area contributed by atoms with Crippen LogP contribution in [0.15, 0.2) is 18.2 Å². The first-order chi connectivity index (χ1) is 11.7. The predicted octanol–water partition coefficient (Wildman–Crippen LogP) is 4.61. The summed E-state index contributed by atoms with van der Waals surface area (Å²) in [6.07, 6.45) is 6.12. The minimum absolute atomic E-state index is 0.273. The largest absolute Gasteiger partial charge is 0.481 e. The molecule has 0 radical (unpaired) electrons. The monoisotopic (exact) mass is 370 g/mol. The molecule has 5 N–H and O–H groups in total.